The third-order valence-corrected chi connectivity index (χ3v) is 5.94. The molecule has 0 spiro atoms. The van der Waals surface area contributed by atoms with Gasteiger partial charge in [-0.3, -0.25) is 0 Å². The molecule has 1 aromatic rings. The van der Waals surface area contributed by atoms with Crippen molar-refractivity contribution in [1.82, 2.24) is 9.21 Å². The number of carbonyl (C=O) groups excluding carboxylic acids is 1. The monoisotopic (exact) mass is 388 g/mol. The summed E-state index contributed by atoms with van der Waals surface area (Å²) >= 11 is 5.83. The summed E-state index contributed by atoms with van der Waals surface area (Å²) in [7, 11) is -3.45. The third kappa shape index (κ3) is 5.59. The zero-order valence-electron chi connectivity index (χ0n) is 15.0. The molecule has 0 unspecified atom stereocenters. The maximum atomic E-state index is 12.6. The minimum atomic E-state index is -3.45. The first-order valence-corrected chi connectivity index (χ1v) is 10.2. The summed E-state index contributed by atoms with van der Waals surface area (Å²) in [5.74, 6) is -0.0800. The second-order valence-electron chi connectivity index (χ2n) is 7.26. The SMILES string of the molecule is C[C@@H]1CN(S(=O)(=O)Cc2ccc(Cl)cc2)CCN1C(=O)OC(C)(C)C. The first-order chi connectivity index (χ1) is 11.5. The van der Waals surface area contributed by atoms with E-state index in [4.69, 9.17) is 16.3 Å². The van der Waals surface area contributed by atoms with Gasteiger partial charge in [-0.25, -0.2) is 13.2 Å². The Labute approximate surface area is 154 Å². The predicted molar refractivity (Wildman–Crippen MR) is 98.1 cm³/mol. The Morgan fingerprint density at radius 2 is 1.84 bits per heavy atom. The first kappa shape index (κ1) is 20.0. The standard InChI is InChI=1S/C17H25ClN2O4S/c1-13-11-19(9-10-20(13)16(21)24-17(2,3)4)25(22,23)12-14-5-7-15(18)8-6-14/h5-8,13H,9-12H2,1-4H3/t13-/m1/s1. The van der Waals surface area contributed by atoms with Crippen LogP contribution in [-0.2, 0) is 20.5 Å². The van der Waals surface area contributed by atoms with E-state index in [1.165, 1.54) is 4.31 Å². The van der Waals surface area contributed by atoms with Crippen molar-refractivity contribution in [3.8, 4) is 0 Å². The number of hydrogen-bond donors (Lipinski definition) is 0. The normalized spacial score (nSPS) is 19.7. The molecular weight excluding hydrogens is 364 g/mol. The largest absolute Gasteiger partial charge is 0.444 e. The summed E-state index contributed by atoms with van der Waals surface area (Å²) in [6, 6.07) is 6.52. The van der Waals surface area contributed by atoms with Crippen LogP contribution in [0, 0.1) is 0 Å². The summed E-state index contributed by atoms with van der Waals surface area (Å²) in [4.78, 5) is 13.8. The lowest BCUT2D eigenvalue weighted by Gasteiger charge is -2.39. The van der Waals surface area contributed by atoms with E-state index in [9.17, 15) is 13.2 Å². The fourth-order valence-electron chi connectivity index (χ4n) is 2.65. The van der Waals surface area contributed by atoms with Crippen molar-refractivity contribution >= 4 is 27.7 Å². The molecule has 6 nitrogen and oxygen atoms in total. The predicted octanol–water partition coefficient (Wildman–Crippen LogP) is 3.11. The topological polar surface area (TPSA) is 66.9 Å². The van der Waals surface area contributed by atoms with Gasteiger partial charge >= 0.3 is 6.09 Å². The third-order valence-electron chi connectivity index (χ3n) is 3.87. The smallest absolute Gasteiger partial charge is 0.410 e. The molecule has 1 fully saturated rings. The molecule has 0 aliphatic carbocycles. The highest BCUT2D eigenvalue weighted by Crippen LogP contribution is 2.20. The molecule has 0 aromatic heterocycles. The fourth-order valence-corrected chi connectivity index (χ4v) is 4.38. The van der Waals surface area contributed by atoms with Crippen molar-refractivity contribution in [3.05, 3.63) is 34.9 Å². The Morgan fingerprint density at radius 3 is 2.36 bits per heavy atom. The Morgan fingerprint density at radius 1 is 1.24 bits per heavy atom. The van der Waals surface area contributed by atoms with Gasteiger partial charge in [-0.2, -0.15) is 4.31 Å². The molecule has 2 rings (SSSR count). The zero-order valence-corrected chi connectivity index (χ0v) is 16.6. The van der Waals surface area contributed by atoms with Crippen LogP contribution >= 0.6 is 11.6 Å². The van der Waals surface area contributed by atoms with Crippen LogP contribution in [0.4, 0.5) is 4.79 Å². The number of benzene rings is 1. The van der Waals surface area contributed by atoms with Crippen LogP contribution < -0.4 is 0 Å². The van der Waals surface area contributed by atoms with E-state index < -0.39 is 21.7 Å². The number of rotatable bonds is 3. The highest BCUT2D eigenvalue weighted by atomic mass is 35.5. The average molecular weight is 389 g/mol. The van der Waals surface area contributed by atoms with E-state index >= 15 is 0 Å². The average Bonchev–Trinajstić information content (AvgIpc) is 2.47. The van der Waals surface area contributed by atoms with E-state index in [0.717, 1.165) is 0 Å². The molecule has 140 valence electrons. The van der Waals surface area contributed by atoms with Crippen LogP contribution in [0.25, 0.3) is 0 Å². The van der Waals surface area contributed by atoms with Crippen LogP contribution in [-0.4, -0.2) is 55.0 Å². The van der Waals surface area contributed by atoms with Crippen LogP contribution in [0.1, 0.15) is 33.3 Å². The number of amides is 1. The van der Waals surface area contributed by atoms with Crippen LogP contribution in [0.2, 0.25) is 5.02 Å². The lowest BCUT2D eigenvalue weighted by molar-refractivity contribution is 0.00857. The van der Waals surface area contributed by atoms with Crippen LogP contribution in [0.5, 0.6) is 0 Å². The molecule has 25 heavy (non-hydrogen) atoms. The molecule has 1 atom stereocenters. The summed E-state index contributed by atoms with van der Waals surface area (Å²) < 4.78 is 32.1. The number of nitrogens with zero attached hydrogens (tertiary/aromatic N) is 2. The van der Waals surface area contributed by atoms with Crippen molar-refractivity contribution in [2.75, 3.05) is 19.6 Å². The number of halogens is 1. The van der Waals surface area contributed by atoms with Gasteiger partial charge in [-0.1, -0.05) is 23.7 Å². The molecule has 1 aliphatic rings. The number of sulfonamides is 1. The van der Waals surface area contributed by atoms with Gasteiger partial charge in [-0.05, 0) is 45.4 Å². The number of ether oxygens (including phenoxy) is 1. The Hall–Kier alpha value is -1.31. The van der Waals surface area contributed by atoms with Crippen LogP contribution in [0.15, 0.2) is 24.3 Å². The van der Waals surface area contributed by atoms with Gasteiger partial charge in [-0.15, -0.1) is 0 Å². The van der Waals surface area contributed by atoms with Gasteiger partial charge in [0.15, 0.2) is 0 Å². The van der Waals surface area contributed by atoms with Gasteiger partial charge in [0.25, 0.3) is 0 Å². The summed E-state index contributed by atoms with van der Waals surface area (Å²) in [5.41, 5.74) is 0.112. The minimum absolute atomic E-state index is 0.0800. The fraction of sp³-hybridized carbons (Fsp3) is 0.588. The number of hydrogen-bond acceptors (Lipinski definition) is 4. The second-order valence-corrected chi connectivity index (χ2v) is 9.67. The highest BCUT2D eigenvalue weighted by Gasteiger charge is 2.35. The van der Waals surface area contributed by atoms with Crippen LogP contribution in [0.3, 0.4) is 0 Å². The summed E-state index contributed by atoms with van der Waals surface area (Å²) in [6.07, 6.45) is -0.408. The van der Waals surface area contributed by atoms with Crippen molar-refractivity contribution in [1.29, 1.82) is 0 Å². The molecule has 0 N–H and O–H groups in total. The quantitative estimate of drug-likeness (QED) is 0.797. The van der Waals surface area contributed by atoms with E-state index in [-0.39, 0.29) is 24.9 Å². The molecular formula is C17H25ClN2O4S. The molecule has 1 amide bonds. The van der Waals surface area contributed by atoms with E-state index in [2.05, 4.69) is 0 Å². The number of piperazine rings is 1. The molecule has 1 heterocycles. The maximum absolute atomic E-state index is 12.6. The van der Waals surface area contributed by atoms with Crippen molar-refractivity contribution in [2.45, 2.75) is 45.1 Å². The van der Waals surface area contributed by atoms with Gasteiger partial charge in [0.05, 0.1) is 5.75 Å². The Kier molecular flexibility index (Phi) is 6.01. The van der Waals surface area contributed by atoms with Gasteiger partial charge in [0.1, 0.15) is 5.60 Å². The molecule has 8 heteroatoms. The summed E-state index contributed by atoms with van der Waals surface area (Å²) in [5, 5.41) is 0.570. The minimum Gasteiger partial charge on any atom is -0.444 e. The second kappa shape index (κ2) is 7.51. The molecule has 0 bridgehead atoms. The molecule has 1 saturated heterocycles. The summed E-state index contributed by atoms with van der Waals surface area (Å²) in [6.45, 7) is 8.09. The van der Waals surface area contributed by atoms with E-state index in [1.54, 1.807) is 29.2 Å². The first-order valence-electron chi connectivity index (χ1n) is 8.20. The van der Waals surface area contributed by atoms with Crippen molar-refractivity contribution in [3.63, 3.8) is 0 Å². The lowest BCUT2D eigenvalue weighted by Crippen LogP contribution is -2.56. The van der Waals surface area contributed by atoms with E-state index in [0.29, 0.717) is 17.1 Å². The molecule has 0 radical (unpaired) electrons. The Bertz CT molecular complexity index is 713. The molecule has 1 aromatic carbocycles. The van der Waals surface area contributed by atoms with Gasteiger partial charge in [0.2, 0.25) is 10.0 Å². The number of carbonyl (C=O) groups is 1. The zero-order chi connectivity index (χ0) is 18.8. The maximum Gasteiger partial charge on any atom is 0.410 e. The van der Waals surface area contributed by atoms with Crippen molar-refractivity contribution < 1.29 is 17.9 Å². The highest BCUT2D eigenvalue weighted by molar-refractivity contribution is 7.88. The van der Waals surface area contributed by atoms with Crippen molar-refractivity contribution in [2.24, 2.45) is 0 Å². The van der Waals surface area contributed by atoms with E-state index in [1.807, 2.05) is 27.7 Å². The van der Waals surface area contributed by atoms with Gasteiger partial charge in [0, 0.05) is 30.7 Å². The Balaban J connectivity index is 2.01. The molecule has 1 aliphatic heterocycles. The van der Waals surface area contributed by atoms with Gasteiger partial charge < -0.3 is 9.64 Å². The molecule has 0 saturated carbocycles. The lowest BCUT2D eigenvalue weighted by atomic mass is 10.2.